The van der Waals surface area contributed by atoms with Crippen molar-refractivity contribution >= 4 is 7.82 Å². The first kappa shape index (κ1) is 18.1. The maximum Gasteiger partial charge on any atom is 0.584 e. The zero-order chi connectivity index (χ0) is 17.5. The molecule has 0 bridgehead atoms. The molecule has 2 aliphatic rings. The number of rotatable bonds is 4. The predicted molar refractivity (Wildman–Crippen MR) is 92.5 cm³/mol. The van der Waals surface area contributed by atoms with Crippen molar-refractivity contribution in [2.24, 2.45) is 10.8 Å². The SMILES string of the molecule is CC1=C(OP(=O)(O)OC2=C(C)CC(C)(C)C=C2)C=CC(C)(C)C1. The second kappa shape index (κ2) is 5.99. The highest BCUT2D eigenvalue weighted by molar-refractivity contribution is 7.47. The molecule has 0 saturated carbocycles. The minimum Gasteiger partial charge on any atom is -0.395 e. The standard InChI is InChI=1S/C18H27O4P/c1-13-11-17(3,4)9-7-15(13)21-23(19,20)22-16-8-10-18(5,6)12-14(16)2/h7-10H,11-12H2,1-6H3,(H,19,20). The molecule has 0 radical (unpaired) electrons. The van der Waals surface area contributed by atoms with E-state index in [1.807, 2.05) is 26.0 Å². The molecule has 0 aliphatic heterocycles. The summed E-state index contributed by atoms with van der Waals surface area (Å²) in [7, 11) is -4.21. The van der Waals surface area contributed by atoms with Crippen LogP contribution in [-0.2, 0) is 13.6 Å². The molecule has 1 N–H and O–H groups in total. The largest absolute Gasteiger partial charge is 0.584 e. The molecule has 128 valence electrons. The molecule has 0 aromatic heterocycles. The molecule has 2 rings (SSSR count). The van der Waals surface area contributed by atoms with Crippen molar-refractivity contribution in [3.05, 3.63) is 47.0 Å². The predicted octanol–water partition coefficient (Wildman–Crippen LogP) is 5.64. The van der Waals surface area contributed by atoms with E-state index < -0.39 is 7.82 Å². The van der Waals surface area contributed by atoms with Crippen LogP contribution in [0.3, 0.4) is 0 Å². The fraction of sp³-hybridized carbons (Fsp3) is 0.556. The van der Waals surface area contributed by atoms with Crippen molar-refractivity contribution in [2.45, 2.75) is 54.4 Å². The molecule has 0 heterocycles. The summed E-state index contributed by atoms with van der Waals surface area (Å²) in [5.41, 5.74) is 1.96. The molecule has 4 nitrogen and oxygen atoms in total. The van der Waals surface area contributed by atoms with Crippen LogP contribution >= 0.6 is 7.82 Å². The van der Waals surface area contributed by atoms with Crippen molar-refractivity contribution in [3.8, 4) is 0 Å². The van der Waals surface area contributed by atoms with Crippen molar-refractivity contribution in [2.75, 3.05) is 0 Å². The molecule has 0 unspecified atom stereocenters. The first-order valence-corrected chi connectivity index (χ1v) is 9.39. The maximum absolute atomic E-state index is 12.3. The van der Waals surface area contributed by atoms with Gasteiger partial charge in [-0.3, -0.25) is 4.89 Å². The summed E-state index contributed by atoms with van der Waals surface area (Å²) in [6.45, 7) is 12.3. The second-order valence-electron chi connectivity index (χ2n) is 7.94. The van der Waals surface area contributed by atoms with Gasteiger partial charge in [-0.2, -0.15) is 0 Å². The highest BCUT2D eigenvalue weighted by Crippen LogP contribution is 2.51. The van der Waals surface area contributed by atoms with Gasteiger partial charge in [0, 0.05) is 0 Å². The summed E-state index contributed by atoms with van der Waals surface area (Å²) in [4.78, 5) is 10.1. The van der Waals surface area contributed by atoms with Gasteiger partial charge in [-0.05, 0) is 60.8 Å². The van der Waals surface area contributed by atoms with E-state index in [9.17, 15) is 9.46 Å². The van der Waals surface area contributed by atoms with Gasteiger partial charge < -0.3 is 9.05 Å². The number of hydrogen-bond acceptors (Lipinski definition) is 3. The van der Waals surface area contributed by atoms with Crippen LogP contribution in [0.2, 0.25) is 0 Å². The molecule has 0 amide bonds. The average Bonchev–Trinajstić information content (AvgIpc) is 2.35. The molecule has 0 atom stereocenters. The van der Waals surface area contributed by atoms with Gasteiger partial charge in [0.15, 0.2) is 0 Å². The molecular formula is C18H27O4P. The van der Waals surface area contributed by atoms with E-state index in [4.69, 9.17) is 9.05 Å². The van der Waals surface area contributed by atoms with Crippen molar-refractivity contribution in [1.29, 1.82) is 0 Å². The zero-order valence-corrected chi connectivity index (χ0v) is 15.7. The van der Waals surface area contributed by atoms with Gasteiger partial charge >= 0.3 is 7.82 Å². The lowest BCUT2D eigenvalue weighted by Crippen LogP contribution is -2.14. The Morgan fingerprint density at radius 3 is 1.57 bits per heavy atom. The van der Waals surface area contributed by atoms with Crippen LogP contribution in [0.4, 0.5) is 0 Å². The summed E-state index contributed by atoms with van der Waals surface area (Å²) in [5.74, 6) is 0.849. The van der Waals surface area contributed by atoms with E-state index in [1.165, 1.54) is 0 Å². The third kappa shape index (κ3) is 4.86. The van der Waals surface area contributed by atoms with Gasteiger partial charge in [0.05, 0.1) is 0 Å². The Morgan fingerprint density at radius 2 is 1.26 bits per heavy atom. The summed E-state index contributed by atoms with van der Waals surface area (Å²) >= 11 is 0. The Hall–Kier alpha value is -1.25. The quantitative estimate of drug-likeness (QED) is 0.674. The van der Waals surface area contributed by atoms with Crippen LogP contribution in [0, 0.1) is 10.8 Å². The summed E-state index contributed by atoms with van der Waals surface area (Å²) in [5, 5.41) is 0. The lowest BCUT2D eigenvalue weighted by molar-refractivity contribution is 0.217. The molecule has 2 aliphatic carbocycles. The van der Waals surface area contributed by atoms with Gasteiger partial charge in [0.25, 0.3) is 0 Å². The van der Waals surface area contributed by atoms with Crippen LogP contribution in [0.5, 0.6) is 0 Å². The maximum atomic E-state index is 12.3. The number of phosphoric acid groups is 1. The summed E-state index contributed by atoms with van der Waals surface area (Å²) in [6, 6.07) is 0. The fourth-order valence-corrected chi connectivity index (χ4v) is 4.00. The first-order chi connectivity index (χ1) is 10.4. The smallest absolute Gasteiger partial charge is 0.395 e. The Labute approximate surface area is 139 Å². The van der Waals surface area contributed by atoms with Crippen LogP contribution in [-0.4, -0.2) is 4.89 Å². The molecular weight excluding hydrogens is 311 g/mol. The first-order valence-electron chi connectivity index (χ1n) is 7.89. The fourth-order valence-electron chi connectivity index (χ4n) is 3.03. The lowest BCUT2D eigenvalue weighted by atomic mass is 9.82. The molecule has 0 aromatic rings. The highest BCUT2D eigenvalue weighted by atomic mass is 31.2. The van der Waals surface area contributed by atoms with Gasteiger partial charge in [0.1, 0.15) is 11.5 Å². The van der Waals surface area contributed by atoms with Gasteiger partial charge in [-0.25, -0.2) is 4.57 Å². The number of allylic oxidation sites excluding steroid dienone is 6. The molecule has 0 saturated heterocycles. The van der Waals surface area contributed by atoms with Gasteiger partial charge in [-0.15, -0.1) is 0 Å². The van der Waals surface area contributed by atoms with Crippen LogP contribution in [0.15, 0.2) is 47.0 Å². The van der Waals surface area contributed by atoms with E-state index in [0.717, 1.165) is 24.0 Å². The van der Waals surface area contributed by atoms with Crippen molar-refractivity contribution in [1.82, 2.24) is 0 Å². The van der Waals surface area contributed by atoms with E-state index in [-0.39, 0.29) is 10.8 Å². The average molecular weight is 338 g/mol. The summed E-state index contributed by atoms with van der Waals surface area (Å²) in [6.07, 6.45) is 9.06. The van der Waals surface area contributed by atoms with Crippen LogP contribution in [0.25, 0.3) is 0 Å². The Balaban J connectivity index is 2.11. The number of hydrogen-bond donors (Lipinski definition) is 1. The monoisotopic (exact) mass is 338 g/mol. The van der Waals surface area contributed by atoms with Crippen molar-refractivity contribution < 1.29 is 18.5 Å². The molecule has 0 spiro atoms. The second-order valence-corrected chi connectivity index (χ2v) is 9.24. The minimum atomic E-state index is -4.21. The lowest BCUT2D eigenvalue weighted by Gasteiger charge is -2.28. The Kier molecular flexibility index (Phi) is 4.71. The topological polar surface area (TPSA) is 55.8 Å². The molecule has 23 heavy (non-hydrogen) atoms. The Morgan fingerprint density at radius 1 is 0.913 bits per heavy atom. The van der Waals surface area contributed by atoms with E-state index in [2.05, 4.69) is 27.7 Å². The van der Waals surface area contributed by atoms with Crippen LogP contribution < -0.4 is 0 Å². The van der Waals surface area contributed by atoms with Crippen LogP contribution in [0.1, 0.15) is 54.4 Å². The summed E-state index contributed by atoms with van der Waals surface area (Å²) < 4.78 is 22.9. The van der Waals surface area contributed by atoms with Gasteiger partial charge in [-0.1, -0.05) is 39.8 Å². The normalized spacial score (nSPS) is 23.3. The van der Waals surface area contributed by atoms with E-state index in [1.54, 1.807) is 12.2 Å². The third-order valence-corrected chi connectivity index (χ3v) is 4.94. The molecule has 0 fully saturated rings. The van der Waals surface area contributed by atoms with Gasteiger partial charge in [0.2, 0.25) is 0 Å². The highest BCUT2D eigenvalue weighted by Gasteiger charge is 2.31. The minimum absolute atomic E-state index is 0.0358. The Bertz CT molecular complexity index is 609. The van der Waals surface area contributed by atoms with E-state index in [0.29, 0.717) is 11.5 Å². The van der Waals surface area contributed by atoms with E-state index >= 15 is 0 Å². The third-order valence-electron chi connectivity index (χ3n) is 4.08. The number of phosphoric ester groups is 1. The zero-order valence-electron chi connectivity index (χ0n) is 14.8. The van der Waals surface area contributed by atoms with Crippen molar-refractivity contribution in [3.63, 3.8) is 0 Å². The molecule has 0 aromatic carbocycles. The molecule has 5 heteroatoms.